The lowest BCUT2D eigenvalue weighted by Crippen LogP contribution is -2.34. The summed E-state index contributed by atoms with van der Waals surface area (Å²) in [6.07, 6.45) is 2.99. The lowest BCUT2D eigenvalue weighted by molar-refractivity contribution is -0.120. The maximum atomic E-state index is 12.4. The van der Waals surface area contributed by atoms with E-state index in [4.69, 9.17) is 4.74 Å². The molecule has 0 bridgehead atoms. The first-order valence-electron chi connectivity index (χ1n) is 6.26. The predicted molar refractivity (Wildman–Crippen MR) is 76.7 cm³/mol. The van der Waals surface area contributed by atoms with Crippen LogP contribution in [0.5, 0.6) is 5.75 Å². The minimum Gasteiger partial charge on any atom is -0.497 e. The molecule has 104 valence electrons. The van der Waals surface area contributed by atoms with Gasteiger partial charge in [0.15, 0.2) is 0 Å². The summed E-state index contributed by atoms with van der Waals surface area (Å²) in [5.41, 5.74) is 0.238. The summed E-state index contributed by atoms with van der Waals surface area (Å²) in [4.78, 5) is 20.2. The van der Waals surface area contributed by atoms with Gasteiger partial charge in [0.1, 0.15) is 17.9 Å². The summed E-state index contributed by atoms with van der Waals surface area (Å²) in [7, 11) is 1.61. The van der Waals surface area contributed by atoms with Crippen LogP contribution in [-0.4, -0.2) is 23.0 Å². The second kappa shape index (κ2) is 5.69. The monoisotopic (exact) mass is 271 g/mol. The Kier molecular flexibility index (Phi) is 3.98. The third-order valence-electron chi connectivity index (χ3n) is 3.20. The van der Waals surface area contributed by atoms with Crippen molar-refractivity contribution in [2.75, 3.05) is 12.4 Å². The van der Waals surface area contributed by atoms with Crippen LogP contribution in [0.4, 0.5) is 5.82 Å². The zero-order valence-electron chi connectivity index (χ0n) is 11.8. The standard InChI is InChI=1S/C15H17N3O2/c1-15(2,11-4-6-12(20-3)7-5-11)14(19)18-13-8-9-16-10-17-13/h4-10H,1-3H3,(H,16,17,18,19). The number of nitrogens with zero attached hydrogens (tertiary/aromatic N) is 2. The van der Waals surface area contributed by atoms with E-state index in [-0.39, 0.29) is 5.91 Å². The van der Waals surface area contributed by atoms with Crippen molar-refractivity contribution >= 4 is 11.7 Å². The number of hydrogen-bond acceptors (Lipinski definition) is 4. The van der Waals surface area contributed by atoms with Crippen LogP contribution in [0, 0.1) is 0 Å². The van der Waals surface area contributed by atoms with Crippen molar-refractivity contribution in [1.29, 1.82) is 0 Å². The Hall–Kier alpha value is -2.43. The van der Waals surface area contributed by atoms with Gasteiger partial charge in [-0.3, -0.25) is 4.79 Å². The first-order chi connectivity index (χ1) is 9.54. The van der Waals surface area contributed by atoms with E-state index in [0.717, 1.165) is 11.3 Å². The van der Waals surface area contributed by atoms with Crippen LogP contribution >= 0.6 is 0 Å². The van der Waals surface area contributed by atoms with Crippen molar-refractivity contribution in [3.63, 3.8) is 0 Å². The Morgan fingerprint density at radius 3 is 2.45 bits per heavy atom. The number of ether oxygens (including phenoxy) is 1. The van der Waals surface area contributed by atoms with Crippen molar-refractivity contribution in [2.45, 2.75) is 19.3 Å². The molecule has 0 saturated carbocycles. The minimum atomic E-state index is -0.669. The highest BCUT2D eigenvalue weighted by Crippen LogP contribution is 2.26. The van der Waals surface area contributed by atoms with Gasteiger partial charge >= 0.3 is 0 Å². The van der Waals surface area contributed by atoms with Crippen molar-refractivity contribution in [2.24, 2.45) is 0 Å². The van der Waals surface area contributed by atoms with E-state index >= 15 is 0 Å². The number of hydrogen-bond donors (Lipinski definition) is 1. The van der Waals surface area contributed by atoms with Crippen LogP contribution < -0.4 is 10.1 Å². The van der Waals surface area contributed by atoms with Crippen LogP contribution in [0.15, 0.2) is 42.9 Å². The van der Waals surface area contributed by atoms with Crippen LogP contribution in [0.2, 0.25) is 0 Å². The third-order valence-corrected chi connectivity index (χ3v) is 3.20. The Bertz CT molecular complexity index is 580. The smallest absolute Gasteiger partial charge is 0.235 e. The molecular weight excluding hydrogens is 254 g/mol. The molecule has 0 saturated heterocycles. The van der Waals surface area contributed by atoms with Crippen LogP contribution in [0.1, 0.15) is 19.4 Å². The zero-order chi connectivity index (χ0) is 14.6. The highest BCUT2D eigenvalue weighted by atomic mass is 16.5. The quantitative estimate of drug-likeness (QED) is 0.927. The van der Waals surface area contributed by atoms with Gasteiger partial charge in [0.05, 0.1) is 12.5 Å². The number of carbonyl (C=O) groups is 1. The normalized spacial score (nSPS) is 10.9. The summed E-state index contributed by atoms with van der Waals surface area (Å²) in [5, 5.41) is 2.79. The number of nitrogens with one attached hydrogen (secondary N) is 1. The van der Waals surface area contributed by atoms with E-state index in [9.17, 15) is 4.79 Å². The molecule has 1 N–H and O–H groups in total. The number of amides is 1. The van der Waals surface area contributed by atoms with E-state index in [1.807, 2.05) is 38.1 Å². The van der Waals surface area contributed by atoms with Crippen LogP contribution in [-0.2, 0) is 10.2 Å². The molecule has 0 radical (unpaired) electrons. The number of aromatic nitrogens is 2. The number of benzene rings is 1. The Labute approximate surface area is 118 Å². The van der Waals surface area contributed by atoms with Gasteiger partial charge in [-0.2, -0.15) is 0 Å². The summed E-state index contributed by atoms with van der Waals surface area (Å²) in [6, 6.07) is 9.11. The fraction of sp³-hybridized carbons (Fsp3) is 0.267. The maximum absolute atomic E-state index is 12.4. The summed E-state index contributed by atoms with van der Waals surface area (Å²) in [5.74, 6) is 1.13. The molecule has 1 aromatic heterocycles. The Morgan fingerprint density at radius 1 is 1.20 bits per heavy atom. The van der Waals surface area contributed by atoms with Gasteiger partial charge in [-0.1, -0.05) is 12.1 Å². The summed E-state index contributed by atoms with van der Waals surface area (Å²) in [6.45, 7) is 3.73. The lowest BCUT2D eigenvalue weighted by Gasteiger charge is -2.24. The fourth-order valence-corrected chi connectivity index (χ4v) is 1.78. The van der Waals surface area contributed by atoms with E-state index < -0.39 is 5.41 Å². The average Bonchev–Trinajstić information content (AvgIpc) is 2.48. The largest absolute Gasteiger partial charge is 0.497 e. The molecule has 0 aliphatic rings. The topological polar surface area (TPSA) is 64.1 Å². The second-order valence-corrected chi connectivity index (χ2v) is 4.90. The SMILES string of the molecule is COc1ccc(C(C)(C)C(=O)Nc2ccncn2)cc1. The van der Waals surface area contributed by atoms with Crippen molar-refractivity contribution < 1.29 is 9.53 Å². The number of carbonyl (C=O) groups excluding carboxylic acids is 1. The van der Waals surface area contributed by atoms with Crippen molar-refractivity contribution in [3.05, 3.63) is 48.4 Å². The van der Waals surface area contributed by atoms with Crippen molar-refractivity contribution in [1.82, 2.24) is 9.97 Å². The first-order valence-corrected chi connectivity index (χ1v) is 6.26. The molecule has 2 rings (SSSR count). The second-order valence-electron chi connectivity index (χ2n) is 4.90. The van der Waals surface area contributed by atoms with Gasteiger partial charge in [-0.25, -0.2) is 9.97 Å². The average molecular weight is 271 g/mol. The van der Waals surface area contributed by atoms with E-state index in [0.29, 0.717) is 5.82 Å². The van der Waals surface area contributed by atoms with Gasteiger partial charge in [-0.05, 0) is 37.6 Å². The molecular formula is C15H17N3O2. The Morgan fingerprint density at radius 2 is 1.90 bits per heavy atom. The van der Waals surface area contributed by atoms with Gasteiger partial charge in [-0.15, -0.1) is 0 Å². The molecule has 0 fully saturated rings. The third kappa shape index (κ3) is 2.93. The van der Waals surface area contributed by atoms with E-state index in [1.165, 1.54) is 6.33 Å². The summed E-state index contributed by atoms with van der Waals surface area (Å²) < 4.78 is 5.12. The molecule has 5 nitrogen and oxygen atoms in total. The fourth-order valence-electron chi connectivity index (χ4n) is 1.78. The van der Waals surface area contributed by atoms with Gasteiger partial charge in [0.25, 0.3) is 0 Å². The molecule has 0 atom stereocenters. The van der Waals surface area contributed by atoms with Gasteiger partial charge < -0.3 is 10.1 Å². The minimum absolute atomic E-state index is 0.124. The number of anilines is 1. The molecule has 20 heavy (non-hydrogen) atoms. The summed E-state index contributed by atoms with van der Waals surface area (Å²) >= 11 is 0. The molecule has 1 aromatic carbocycles. The van der Waals surface area contributed by atoms with Gasteiger partial charge in [0, 0.05) is 6.20 Å². The van der Waals surface area contributed by atoms with Crippen LogP contribution in [0.3, 0.4) is 0 Å². The highest BCUT2D eigenvalue weighted by Gasteiger charge is 2.30. The van der Waals surface area contributed by atoms with Crippen molar-refractivity contribution in [3.8, 4) is 5.75 Å². The molecule has 2 aromatic rings. The highest BCUT2D eigenvalue weighted by molar-refractivity contribution is 5.97. The molecule has 0 unspecified atom stereocenters. The molecule has 0 spiro atoms. The molecule has 1 amide bonds. The van der Waals surface area contributed by atoms with E-state index in [1.54, 1.807) is 19.4 Å². The number of rotatable bonds is 4. The molecule has 0 aliphatic carbocycles. The van der Waals surface area contributed by atoms with E-state index in [2.05, 4.69) is 15.3 Å². The maximum Gasteiger partial charge on any atom is 0.235 e. The van der Waals surface area contributed by atoms with Gasteiger partial charge in [0.2, 0.25) is 5.91 Å². The molecule has 1 heterocycles. The molecule has 0 aliphatic heterocycles. The zero-order valence-corrected chi connectivity index (χ0v) is 11.8. The lowest BCUT2D eigenvalue weighted by atomic mass is 9.83. The number of methoxy groups -OCH3 is 1. The van der Waals surface area contributed by atoms with Crippen LogP contribution in [0.25, 0.3) is 0 Å². The first kappa shape index (κ1) is 14.0. The Balaban J connectivity index is 2.18. The molecule has 5 heteroatoms. The predicted octanol–water partition coefficient (Wildman–Crippen LogP) is 2.40.